The van der Waals surface area contributed by atoms with E-state index in [0.29, 0.717) is 6.54 Å². The van der Waals surface area contributed by atoms with E-state index in [1.165, 1.54) is 11.1 Å². The molecule has 1 aromatic rings. The lowest BCUT2D eigenvalue weighted by Crippen LogP contribution is -2.47. The summed E-state index contributed by atoms with van der Waals surface area (Å²) in [6.45, 7) is 3.48. The summed E-state index contributed by atoms with van der Waals surface area (Å²) in [4.78, 5) is 12.0. The van der Waals surface area contributed by atoms with Crippen molar-refractivity contribution < 1.29 is 4.79 Å². The van der Waals surface area contributed by atoms with Crippen molar-refractivity contribution in [2.75, 3.05) is 6.54 Å². The Hall–Kier alpha value is -1.61. The molecule has 1 atom stereocenters. The number of allylic oxidation sites excluding steroid dienone is 1. The van der Waals surface area contributed by atoms with E-state index in [1.807, 2.05) is 25.1 Å². The number of hydrogen-bond acceptors (Lipinski definition) is 2. The van der Waals surface area contributed by atoms with Gasteiger partial charge in [0, 0.05) is 13.1 Å². The Labute approximate surface area is 108 Å². The van der Waals surface area contributed by atoms with Crippen LogP contribution in [-0.4, -0.2) is 18.5 Å². The minimum atomic E-state index is -0.0921. The van der Waals surface area contributed by atoms with Crippen molar-refractivity contribution in [3.8, 4) is 0 Å². The van der Waals surface area contributed by atoms with Crippen LogP contribution in [0.1, 0.15) is 24.5 Å². The molecule has 0 unspecified atom stereocenters. The molecule has 1 aromatic carbocycles. The zero-order valence-electron chi connectivity index (χ0n) is 10.8. The standard InChI is InChI=1S/C15H20N2O/c1-2-3-6-9-16-15(18)14-10-12-7-4-5-8-13(12)11-17-14/h2-5,7-8,14,17H,6,9-11H2,1H3,(H,16,18)/b3-2+/t14-/m1/s1. The highest BCUT2D eigenvalue weighted by molar-refractivity contribution is 5.82. The van der Waals surface area contributed by atoms with E-state index in [4.69, 9.17) is 0 Å². The number of benzene rings is 1. The molecule has 2 rings (SSSR count). The molecule has 0 aromatic heterocycles. The average Bonchev–Trinajstić information content (AvgIpc) is 2.43. The summed E-state index contributed by atoms with van der Waals surface area (Å²) in [5.74, 6) is 0.106. The Balaban J connectivity index is 1.86. The van der Waals surface area contributed by atoms with E-state index in [1.54, 1.807) is 0 Å². The van der Waals surface area contributed by atoms with Crippen molar-refractivity contribution in [2.45, 2.75) is 32.4 Å². The van der Waals surface area contributed by atoms with Crippen LogP contribution in [0.3, 0.4) is 0 Å². The fraction of sp³-hybridized carbons (Fsp3) is 0.400. The summed E-state index contributed by atoms with van der Waals surface area (Å²) in [6.07, 6.45) is 5.74. The fourth-order valence-electron chi connectivity index (χ4n) is 2.21. The molecule has 0 saturated carbocycles. The third kappa shape index (κ3) is 3.20. The second-order valence-corrected chi connectivity index (χ2v) is 4.56. The first-order chi connectivity index (χ1) is 8.81. The molecule has 96 valence electrons. The Morgan fingerprint density at radius 3 is 3.00 bits per heavy atom. The molecule has 1 amide bonds. The zero-order chi connectivity index (χ0) is 12.8. The van der Waals surface area contributed by atoms with Crippen LogP contribution in [0.2, 0.25) is 0 Å². The smallest absolute Gasteiger partial charge is 0.237 e. The molecule has 0 spiro atoms. The maximum absolute atomic E-state index is 12.0. The lowest BCUT2D eigenvalue weighted by molar-refractivity contribution is -0.123. The summed E-state index contributed by atoms with van der Waals surface area (Å²) in [7, 11) is 0. The van der Waals surface area contributed by atoms with Gasteiger partial charge in [-0.3, -0.25) is 4.79 Å². The summed E-state index contributed by atoms with van der Waals surface area (Å²) in [6, 6.07) is 8.20. The molecule has 0 saturated heterocycles. The normalized spacial score (nSPS) is 18.6. The van der Waals surface area contributed by atoms with E-state index in [0.717, 1.165) is 19.4 Å². The largest absolute Gasteiger partial charge is 0.354 e. The van der Waals surface area contributed by atoms with Crippen LogP contribution in [0.5, 0.6) is 0 Å². The summed E-state index contributed by atoms with van der Waals surface area (Å²) in [5.41, 5.74) is 2.58. The molecule has 0 fully saturated rings. The Morgan fingerprint density at radius 2 is 2.22 bits per heavy atom. The van der Waals surface area contributed by atoms with Gasteiger partial charge in [0.1, 0.15) is 0 Å². The second kappa shape index (κ2) is 6.36. The molecular formula is C15H20N2O. The van der Waals surface area contributed by atoms with E-state index in [2.05, 4.69) is 28.8 Å². The van der Waals surface area contributed by atoms with Crippen molar-refractivity contribution in [3.63, 3.8) is 0 Å². The van der Waals surface area contributed by atoms with Crippen LogP contribution < -0.4 is 10.6 Å². The first-order valence-electron chi connectivity index (χ1n) is 6.50. The maximum atomic E-state index is 12.0. The van der Waals surface area contributed by atoms with Crippen LogP contribution in [0.25, 0.3) is 0 Å². The molecular weight excluding hydrogens is 224 g/mol. The molecule has 3 nitrogen and oxygen atoms in total. The highest BCUT2D eigenvalue weighted by Crippen LogP contribution is 2.16. The predicted molar refractivity (Wildman–Crippen MR) is 73.2 cm³/mol. The lowest BCUT2D eigenvalue weighted by Gasteiger charge is -2.25. The van der Waals surface area contributed by atoms with E-state index >= 15 is 0 Å². The number of carbonyl (C=O) groups is 1. The van der Waals surface area contributed by atoms with Crippen molar-refractivity contribution >= 4 is 5.91 Å². The van der Waals surface area contributed by atoms with Crippen LogP contribution in [0.4, 0.5) is 0 Å². The minimum Gasteiger partial charge on any atom is -0.354 e. The Morgan fingerprint density at radius 1 is 1.44 bits per heavy atom. The van der Waals surface area contributed by atoms with Gasteiger partial charge in [0.25, 0.3) is 0 Å². The van der Waals surface area contributed by atoms with Crippen molar-refractivity contribution in [3.05, 3.63) is 47.5 Å². The maximum Gasteiger partial charge on any atom is 0.237 e. The third-order valence-electron chi connectivity index (χ3n) is 3.24. The first kappa shape index (κ1) is 12.8. The lowest BCUT2D eigenvalue weighted by atomic mass is 9.95. The van der Waals surface area contributed by atoms with Crippen LogP contribution in [-0.2, 0) is 17.8 Å². The van der Waals surface area contributed by atoms with Gasteiger partial charge >= 0.3 is 0 Å². The highest BCUT2D eigenvalue weighted by atomic mass is 16.2. The first-order valence-corrected chi connectivity index (χ1v) is 6.50. The number of fused-ring (bicyclic) bond motifs is 1. The van der Waals surface area contributed by atoms with Crippen molar-refractivity contribution in [1.82, 2.24) is 10.6 Å². The van der Waals surface area contributed by atoms with E-state index < -0.39 is 0 Å². The highest BCUT2D eigenvalue weighted by Gasteiger charge is 2.23. The van der Waals surface area contributed by atoms with Gasteiger partial charge in [0.2, 0.25) is 5.91 Å². The molecule has 2 N–H and O–H groups in total. The fourth-order valence-corrected chi connectivity index (χ4v) is 2.21. The van der Waals surface area contributed by atoms with Gasteiger partial charge in [0.05, 0.1) is 6.04 Å². The van der Waals surface area contributed by atoms with Crippen LogP contribution >= 0.6 is 0 Å². The van der Waals surface area contributed by atoms with Crippen LogP contribution in [0, 0.1) is 0 Å². The van der Waals surface area contributed by atoms with Gasteiger partial charge in [-0.1, -0.05) is 36.4 Å². The summed E-state index contributed by atoms with van der Waals surface area (Å²) in [5, 5.41) is 6.25. The number of amides is 1. The topological polar surface area (TPSA) is 41.1 Å². The van der Waals surface area contributed by atoms with Crippen LogP contribution in [0.15, 0.2) is 36.4 Å². The molecule has 0 radical (unpaired) electrons. The number of rotatable bonds is 4. The van der Waals surface area contributed by atoms with Gasteiger partial charge in [0.15, 0.2) is 0 Å². The van der Waals surface area contributed by atoms with Crippen molar-refractivity contribution in [2.24, 2.45) is 0 Å². The molecule has 0 bridgehead atoms. The van der Waals surface area contributed by atoms with E-state index in [-0.39, 0.29) is 11.9 Å². The van der Waals surface area contributed by atoms with Crippen molar-refractivity contribution in [1.29, 1.82) is 0 Å². The molecule has 1 aliphatic heterocycles. The molecule has 1 aliphatic rings. The van der Waals surface area contributed by atoms with Gasteiger partial charge in [-0.25, -0.2) is 0 Å². The number of hydrogen-bond donors (Lipinski definition) is 2. The monoisotopic (exact) mass is 244 g/mol. The summed E-state index contributed by atoms with van der Waals surface area (Å²) >= 11 is 0. The second-order valence-electron chi connectivity index (χ2n) is 4.56. The van der Waals surface area contributed by atoms with Gasteiger partial charge in [-0.15, -0.1) is 0 Å². The zero-order valence-corrected chi connectivity index (χ0v) is 10.8. The minimum absolute atomic E-state index is 0.0921. The Bertz CT molecular complexity index is 440. The van der Waals surface area contributed by atoms with Gasteiger partial charge in [-0.05, 0) is 30.9 Å². The molecule has 0 aliphatic carbocycles. The van der Waals surface area contributed by atoms with Gasteiger partial charge in [-0.2, -0.15) is 0 Å². The summed E-state index contributed by atoms with van der Waals surface area (Å²) < 4.78 is 0. The predicted octanol–water partition coefficient (Wildman–Crippen LogP) is 1.78. The third-order valence-corrected chi connectivity index (χ3v) is 3.24. The number of carbonyl (C=O) groups excluding carboxylic acids is 1. The molecule has 3 heteroatoms. The SMILES string of the molecule is C/C=C/CCNC(=O)[C@H]1Cc2ccccc2CN1. The molecule has 1 heterocycles. The quantitative estimate of drug-likeness (QED) is 0.626. The average molecular weight is 244 g/mol. The van der Waals surface area contributed by atoms with E-state index in [9.17, 15) is 4.79 Å². The Kier molecular flexibility index (Phi) is 4.53. The molecule has 18 heavy (non-hydrogen) atoms. The van der Waals surface area contributed by atoms with Gasteiger partial charge < -0.3 is 10.6 Å². The number of nitrogens with one attached hydrogen (secondary N) is 2.